The average Bonchev–Trinajstić information content (AvgIpc) is 3.81. The number of H-pyrrole nitrogens is 2. The number of methoxy groups -OCH3 is 1. The molecule has 0 saturated carbocycles. The smallest absolute Gasteiger partial charge is 0.274 e. The minimum atomic E-state index is -1.18. The van der Waals surface area contributed by atoms with Crippen LogP contribution in [0.3, 0.4) is 0 Å². The monoisotopic (exact) mass is 797 g/mol. The number of benzene rings is 2. The lowest BCUT2D eigenvalue weighted by Crippen LogP contribution is -2.60. The van der Waals surface area contributed by atoms with E-state index < -0.39 is 72.2 Å². The maximum Gasteiger partial charge on any atom is 0.274 e. The van der Waals surface area contributed by atoms with Crippen LogP contribution >= 0.6 is 0 Å². The molecule has 1 fully saturated rings. The van der Waals surface area contributed by atoms with E-state index in [0.29, 0.717) is 17.0 Å². The average molecular weight is 798 g/mol. The number of hydrogen-bond acceptors (Lipinski definition) is 8. The zero-order valence-corrected chi connectivity index (χ0v) is 34.1. The van der Waals surface area contributed by atoms with Gasteiger partial charge in [-0.25, -0.2) is 4.98 Å². The number of nitrogens with zero attached hydrogens (tertiary/aromatic N) is 2. The molecule has 4 aromatic rings. The molecule has 58 heavy (non-hydrogen) atoms. The van der Waals surface area contributed by atoms with Crippen molar-refractivity contribution in [3.8, 4) is 5.75 Å². The number of ether oxygens (including phenoxy) is 1. The van der Waals surface area contributed by atoms with E-state index in [1.54, 1.807) is 44.5 Å². The summed E-state index contributed by atoms with van der Waals surface area (Å²) in [7, 11) is 1.54. The first-order valence-corrected chi connectivity index (χ1v) is 19.6. The number of aromatic nitrogens is 3. The summed E-state index contributed by atoms with van der Waals surface area (Å²) in [5, 5.41) is 15.1. The molecule has 7 N–H and O–H groups in total. The molecule has 6 amide bonds. The highest BCUT2D eigenvalue weighted by Crippen LogP contribution is 2.20. The number of fused-ring (bicyclic) bond motifs is 1. The van der Waals surface area contributed by atoms with E-state index >= 15 is 0 Å². The van der Waals surface area contributed by atoms with Crippen LogP contribution in [0.4, 0.5) is 0 Å². The van der Waals surface area contributed by atoms with Gasteiger partial charge in [0.1, 0.15) is 35.6 Å². The number of imidazole rings is 1. The summed E-state index contributed by atoms with van der Waals surface area (Å²) < 4.78 is 5.29. The maximum atomic E-state index is 14.4. The predicted molar refractivity (Wildman–Crippen MR) is 218 cm³/mol. The Labute approximate surface area is 338 Å². The first kappa shape index (κ1) is 42.9. The van der Waals surface area contributed by atoms with Gasteiger partial charge in [0.15, 0.2) is 0 Å². The summed E-state index contributed by atoms with van der Waals surface area (Å²) >= 11 is 0. The van der Waals surface area contributed by atoms with E-state index in [0.717, 1.165) is 16.5 Å². The third-order valence-corrected chi connectivity index (χ3v) is 10.3. The zero-order valence-electron chi connectivity index (χ0n) is 34.1. The number of carbonyl (C=O) groups is 6. The second-order valence-corrected chi connectivity index (χ2v) is 15.6. The fraction of sp³-hybridized carbons (Fsp3) is 0.452. The van der Waals surface area contributed by atoms with Crippen molar-refractivity contribution >= 4 is 46.3 Å². The van der Waals surface area contributed by atoms with E-state index in [1.165, 1.54) is 18.2 Å². The van der Waals surface area contributed by atoms with Crippen LogP contribution in [0.15, 0.2) is 61.1 Å². The quantitative estimate of drug-likeness (QED) is 0.133. The lowest BCUT2D eigenvalue weighted by atomic mass is 9.99. The van der Waals surface area contributed by atoms with Gasteiger partial charge in [-0.3, -0.25) is 28.8 Å². The molecule has 0 unspecified atom stereocenters. The van der Waals surface area contributed by atoms with Gasteiger partial charge in [0.25, 0.3) is 5.91 Å². The molecule has 3 heterocycles. The highest BCUT2D eigenvalue weighted by atomic mass is 16.5. The van der Waals surface area contributed by atoms with Crippen molar-refractivity contribution < 1.29 is 33.5 Å². The summed E-state index contributed by atoms with van der Waals surface area (Å²) in [6.45, 7) is 10.2. The van der Waals surface area contributed by atoms with Crippen molar-refractivity contribution in [2.75, 3.05) is 20.2 Å². The maximum absolute atomic E-state index is 14.4. The largest absolute Gasteiger partial charge is 0.497 e. The lowest BCUT2D eigenvalue weighted by Gasteiger charge is -2.32. The van der Waals surface area contributed by atoms with Crippen molar-refractivity contribution in [1.29, 1.82) is 0 Å². The summed E-state index contributed by atoms with van der Waals surface area (Å²) in [5.74, 6) is -3.25. The normalized spacial score (nSPS) is 21.8. The van der Waals surface area contributed by atoms with E-state index in [1.807, 2.05) is 52.0 Å². The molecular weight excluding hydrogens is 743 g/mol. The SMILES string of the molecule is COc1ccc(C[C@@H]2NC(=O)[C@H](CC(C)C)NC(=O)[C@@H](Cc3c[nH]c4ccccc34)NC(=O)CN(C(=O)c3nc[nH]c3C)C[C@H](C(C)C)NC(=O)[C@@H](C)NC2=O)cc1. The van der Waals surface area contributed by atoms with Gasteiger partial charge in [-0.2, -0.15) is 0 Å². The molecule has 0 aliphatic carbocycles. The van der Waals surface area contributed by atoms with E-state index in [9.17, 15) is 28.8 Å². The standard InChI is InChI=1S/C42H55N9O7/c1-23(2)16-32-40(55)49-33(17-27-12-14-29(58-7)15-13-27)39(54)46-26(6)38(53)50-35(24(3)4)20-51(42(57)37-25(5)44-22-45-37)21-36(52)47-34(41(56)48-32)18-28-19-43-31-11-9-8-10-30(28)31/h8-15,19,22-24,26,32-35,43H,16-18,20-21H2,1-7H3,(H,44,45)(H,46,54)(H,47,52)(H,48,56)(H,49,55)(H,50,53)/t26-,32+,33+,34-,35-/m1/s1. The molecule has 16 heteroatoms. The van der Waals surface area contributed by atoms with E-state index in [4.69, 9.17) is 4.74 Å². The molecule has 5 rings (SSSR count). The van der Waals surface area contributed by atoms with Gasteiger partial charge in [-0.1, -0.05) is 58.0 Å². The number of hydrogen-bond donors (Lipinski definition) is 7. The van der Waals surface area contributed by atoms with Gasteiger partial charge in [0.2, 0.25) is 29.5 Å². The van der Waals surface area contributed by atoms with Crippen LogP contribution in [-0.4, -0.2) is 106 Å². The van der Waals surface area contributed by atoms with Gasteiger partial charge in [-0.15, -0.1) is 0 Å². The Hall–Kier alpha value is -6.19. The molecule has 1 aliphatic heterocycles. The Morgan fingerprint density at radius 2 is 1.47 bits per heavy atom. The van der Waals surface area contributed by atoms with Crippen LogP contribution in [-0.2, 0) is 36.8 Å². The Kier molecular flexibility index (Phi) is 14.3. The van der Waals surface area contributed by atoms with E-state index in [-0.39, 0.29) is 43.3 Å². The first-order valence-electron chi connectivity index (χ1n) is 19.6. The van der Waals surface area contributed by atoms with E-state index in [2.05, 4.69) is 41.5 Å². The molecule has 310 valence electrons. The molecule has 1 aliphatic rings. The van der Waals surface area contributed by atoms with Crippen LogP contribution in [0.25, 0.3) is 10.9 Å². The number of aromatic amines is 2. The lowest BCUT2D eigenvalue weighted by molar-refractivity contribution is -0.135. The number of rotatable bonds is 9. The molecule has 2 aromatic carbocycles. The first-order chi connectivity index (χ1) is 27.6. The molecular formula is C42H55N9O7. The highest BCUT2D eigenvalue weighted by molar-refractivity contribution is 5.98. The minimum absolute atomic E-state index is 0.0507. The topological polar surface area (TPSA) is 220 Å². The van der Waals surface area contributed by atoms with Crippen LogP contribution in [0.1, 0.15) is 68.3 Å². The van der Waals surface area contributed by atoms with Gasteiger partial charge >= 0.3 is 0 Å². The Morgan fingerprint density at radius 3 is 2.12 bits per heavy atom. The van der Waals surface area contributed by atoms with Crippen molar-refractivity contribution in [1.82, 2.24) is 46.4 Å². The Balaban J connectivity index is 1.55. The summed E-state index contributed by atoms with van der Waals surface area (Å²) in [4.78, 5) is 95.9. The second kappa shape index (κ2) is 19.3. The molecule has 1 saturated heterocycles. The van der Waals surface area contributed by atoms with Crippen molar-refractivity contribution in [3.63, 3.8) is 0 Å². The van der Waals surface area contributed by atoms with Gasteiger partial charge in [-0.05, 0) is 61.4 Å². The third-order valence-electron chi connectivity index (χ3n) is 10.3. The third kappa shape index (κ3) is 11.0. The summed E-state index contributed by atoms with van der Waals surface area (Å²) in [6, 6.07) is 9.42. The zero-order chi connectivity index (χ0) is 42.1. The second-order valence-electron chi connectivity index (χ2n) is 15.6. The van der Waals surface area contributed by atoms with Crippen LogP contribution < -0.4 is 31.3 Å². The number of aryl methyl sites for hydroxylation is 1. The molecule has 5 atom stereocenters. The molecule has 16 nitrogen and oxygen atoms in total. The summed E-state index contributed by atoms with van der Waals surface area (Å²) in [6.07, 6.45) is 3.47. The fourth-order valence-electron chi connectivity index (χ4n) is 6.89. The fourth-order valence-corrected chi connectivity index (χ4v) is 6.89. The summed E-state index contributed by atoms with van der Waals surface area (Å²) in [5.41, 5.74) is 2.88. The number of nitrogens with one attached hydrogen (secondary N) is 7. The van der Waals surface area contributed by atoms with Gasteiger partial charge in [0.05, 0.1) is 20.0 Å². The van der Waals surface area contributed by atoms with Crippen molar-refractivity contribution in [2.45, 2.75) is 91.0 Å². The van der Waals surface area contributed by atoms with Crippen LogP contribution in [0, 0.1) is 18.8 Å². The molecule has 0 radical (unpaired) electrons. The van der Waals surface area contributed by atoms with Crippen LogP contribution in [0.5, 0.6) is 5.75 Å². The van der Waals surface area contributed by atoms with Gasteiger partial charge in [0, 0.05) is 48.2 Å². The van der Waals surface area contributed by atoms with Crippen LogP contribution in [0.2, 0.25) is 0 Å². The highest BCUT2D eigenvalue weighted by Gasteiger charge is 2.34. The number of carbonyl (C=O) groups excluding carboxylic acids is 6. The molecule has 0 bridgehead atoms. The number of amides is 6. The van der Waals surface area contributed by atoms with Crippen molar-refractivity contribution in [3.05, 3.63) is 83.6 Å². The van der Waals surface area contributed by atoms with Gasteiger partial charge < -0.3 is 46.2 Å². The molecule has 2 aromatic heterocycles. The minimum Gasteiger partial charge on any atom is -0.497 e. The predicted octanol–water partition coefficient (Wildman–Crippen LogP) is 2.30. The Morgan fingerprint density at radius 1 is 0.810 bits per heavy atom. The molecule has 0 spiro atoms. The Bertz CT molecular complexity index is 2090. The number of para-hydroxylation sites is 1. The van der Waals surface area contributed by atoms with Crippen molar-refractivity contribution in [2.24, 2.45) is 11.8 Å².